The molecule has 2 aliphatic rings. The molecule has 0 bridgehead atoms. The third-order valence-electron chi connectivity index (χ3n) is 11.3. The Morgan fingerprint density at radius 1 is 0.540 bits per heavy atom. The summed E-state index contributed by atoms with van der Waals surface area (Å²) in [5.41, 5.74) is 0. The van der Waals surface area contributed by atoms with E-state index in [2.05, 4.69) is 62.5 Å². The first-order valence-corrected chi connectivity index (χ1v) is 24.2. The molecule has 2 heterocycles. The van der Waals surface area contributed by atoms with E-state index in [1.165, 1.54) is 44.9 Å². The van der Waals surface area contributed by atoms with Crippen molar-refractivity contribution in [1.82, 2.24) is 0 Å². The van der Waals surface area contributed by atoms with Crippen molar-refractivity contribution in [3.8, 4) is 0 Å². The fourth-order valence-corrected chi connectivity index (χ4v) is 7.34. The largest absolute Gasteiger partial charge is 0.457 e. The first kappa shape index (κ1) is 57.1. The van der Waals surface area contributed by atoms with Crippen LogP contribution in [-0.4, -0.2) is 142 Å². The van der Waals surface area contributed by atoms with E-state index in [0.717, 1.165) is 83.5 Å². The number of aliphatic hydroxyl groups excluding tert-OH is 7. The number of rotatable bonds is 37. The molecule has 0 aliphatic carbocycles. The zero-order chi connectivity index (χ0) is 45.9. The second kappa shape index (κ2) is 37.1. The molecule has 0 saturated carbocycles. The maximum Gasteiger partial charge on any atom is 0.306 e. The lowest BCUT2D eigenvalue weighted by molar-refractivity contribution is -0.332. The molecule has 2 rings (SSSR count). The van der Waals surface area contributed by atoms with Gasteiger partial charge in [-0.25, -0.2) is 0 Å². The van der Waals surface area contributed by atoms with Crippen LogP contribution < -0.4 is 0 Å². The molecule has 2 aliphatic heterocycles. The highest BCUT2D eigenvalue weighted by Crippen LogP contribution is 2.26. The zero-order valence-corrected chi connectivity index (χ0v) is 38.5. The van der Waals surface area contributed by atoms with Crippen molar-refractivity contribution in [3.63, 3.8) is 0 Å². The number of hydrogen-bond acceptors (Lipinski definition) is 14. The first-order chi connectivity index (χ1) is 30.6. The Morgan fingerprint density at radius 3 is 1.63 bits per heavy atom. The van der Waals surface area contributed by atoms with Crippen LogP contribution in [0.5, 0.6) is 0 Å². The molecule has 0 amide bonds. The maximum atomic E-state index is 13.0. The monoisotopic (exact) mass is 899 g/mol. The van der Waals surface area contributed by atoms with Gasteiger partial charge in [-0.2, -0.15) is 0 Å². The lowest BCUT2D eigenvalue weighted by Crippen LogP contribution is -2.61. The molecule has 11 unspecified atom stereocenters. The van der Waals surface area contributed by atoms with Gasteiger partial charge in [-0.3, -0.25) is 4.79 Å². The van der Waals surface area contributed by atoms with Gasteiger partial charge in [0.2, 0.25) is 0 Å². The summed E-state index contributed by atoms with van der Waals surface area (Å²) in [7, 11) is 0. The van der Waals surface area contributed by atoms with Crippen molar-refractivity contribution < 1.29 is 69.0 Å². The molecule has 0 spiro atoms. The lowest BCUT2D eigenvalue weighted by Gasteiger charge is -2.42. The summed E-state index contributed by atoms with van der Waals surface area (Å²) in [6, 6.07) is 0. The lowest BCUT2D eigenvalue weighted by atomic mass is 9.98. The van der Waals surface area contributed by atoms with Crippen molar-refractivity contribution in [2.45, 2.75) is 223 Å². The van der Waals surface area contributed by atoms with Crippen LogP contribution >= 0.6 is 0 Å². The second-order valence-corrected chi connectivity index (χ2v) is 16.9. The first-order valence-electron chi connectivity index (χ1n) is 24.2. The molecule has 11 atom stereocenters. The van der Waals surface area contributed by atoms with Crippen LogP contribution in [0.2, 0.25) is 0 Å². The molecule has 0 radical (unpaired) electrons. The average Bonchev–Trinajstić information content (AvgIpc) is 3.28. The van der Waals surface area contributed by atoms with Gasteiger partial charge in [0.25, 0.3) is 0 Å². The van der Waals surface area contributed by atoms with E-state index < -0.39 is 86.7 Å². The number of carbonyl (C=O) groups is 1. The summed E-state index contributed by atoms with van der Waals surface area (Å²) in [6.07, 6.45) is 24.6. The number of esters is 1. The molecule has 0 aromatic heterocycles. The Bertz CT molecular complexity index is 1230. The van der Waals surface area contributed by atoms with Crippen LogP contribution in [0.15, 0.2) is 48.6 Å². The topological polar surface area (TPSA) is 214 Å². The maximum absolute atomic E-state index is 13.0. The average molecular weight is 899 g/mol. The second-order valence-electron chi connectivity index (χ2n) is 16.9. The highest BCUT2D eigenvalue weighted by atomic mass is 16.7. The van der Waals surface area contributed by atoms with Crippen molar-refractivity contribution in [1.29, 1.82) is 0 Å². The summed E-state index contributed by atoms with van der Waals surface area (Å²) < 4.78 is 34.2. The fourth-order valence-electron chi connectivity index (χ4n) is 7.34. The molecule has 366 valence electrons. The molecule has 0 aromatic rings. The SMILES string of the molecule is CC/C=C\C/C=C\C/C=C\CCCCCCCCCC(=O)OC(COCCCCCCCC/C=C\CCCC)COC1OC(COC2OC(CO)C(O)C(O)C2O)C(O)C(O)C1O. The highest BCUT2D eigenvalue weighted by molar-refractivity contribution is 5.69. The minimum Gasteiger partial charge on any atom is -0.457 e. The molecular formula is C49H86O14. The van der Waals surface area contributed by atoms with Crippen LogP contribution in [0.4, 0.5) is 0 Å². The quantitative estimate of drug-likeness (QED) is 0.0204. The Kier molecular flexibility index (Phi) is 33.6. The van der Waals surface area contributed by atoms with Crippen LogP contribution in [0, 0.1) is 0 Å². The van der Waals surface area contributed by atoms with E-state index in [4.69, 9.17) is 28.4 Å². The van der Waals surface area contributed by atoms with Gasteiger partial charge >= 0.3 is 5.97 Å². The number of hydrogen-bond donors (Lipinski definition) is 7. The van der Waals surface area contributed by atoms with Crippen molar-refractivity contribution >= 4 is 5.97 Å². The van der Waals surface area contributed by atoms with Gasteiger partial charge in [-0.05, 0) is 64.2 Å². The van der Waals surface area contributed by atoms with Gasteiger partial charge in [0.05, 0.1) is 26.4 Å². The Hall–Kier alpha value is -2.05. The van der Waals surface area contributed by atoms with Crippen molar-refractivity contribution in [3.05, 3.63) is 48.6 Å². The molecule has 7 N–H and O–H groups in total. The highest BCUT2D eigenvalue weighted by Gasteiger charge is 2.47. The van der Waals surface area contributed by atoms with Gasteiger partial charge < -0.3 is 64.2 Å². The summed E-state index contributed by atoms with van der Waals surface area (Å²) in [5, 5.41) is 72.0. The molecule has 14 heteroatoms. The molecule has 2 saturated heterocycles. The smallest absolute Gasteiger partial charge is 0.306 e. The normalized spacial score (nSPS) is 27.4. The van der Waals surface area contributed by atoms with Gasteiger partial charge in [0.1, 0.15) is 54.9 Å². The van der Waals surface area contributed by atoms with E-state index in [1.54, 1.807) is 0 Å². The summed E-state index contributed by atoms with van der Waals surface area (Å²) >= 11 is 0. The van der Waals surface area contributed by atoms with E-state index in [-0.39, 0.29) is 19.6 Å². The molecule has 14 nitrogen and oxygen atoms in total. The molecular weight excluding hydrogens is 813 g/mol. The Balaban J connectivity index is 1.79. The van der Waals surface area contributed by atoms with E-state index in [0.29, 0.717) is 13.0 Å². The van der Waals surface area contributed by atoms with E-state index in [1.807, 2.05) is 0 Å². The van der Waals surface area contributed by atoms with Crippen LogP contribution in [0.25, 0.3) is 0 Å². The summed E-state index contributed by atoms with van der Waals surface area (Å²) in [4.78, 5) is 13.0. The summed E-state index contributed by atoms with van der Waals surface area (Å²) in [6.45, 7) is 3.50. The number of aliphatic hydroxyl groups is 7. The van der Waals surface area contributed by atoms with E-state index in [9.17, 15) is 40.5 Å². The van der Waals surface area contributed by atoms with Crippen molar-refractivity contribution in [2.75, 3.05) is 33.0 Å². The molecule has 63 heavy (non-hydrogen) atoms. The van der Waals surface area contributed by atoms with Gasteiger partial charge in [0.15, 0.2) is 12.6 Å². The third-order valence-corrected chi connectivity index (χ3v) is 11.3. The minimum absolute atomic E-state index is 0.0519. The standard InChI is InChI=1S/C49H86O14/c1-3-5-7-9-11-13-15-17-18-19-20-21-22-24-26-28-30-32-41(51)61-38(35-58-33-31-29-27-25-23-16-14-12-10-8-6-4-2)36-59-48-47(57)45(55)43(53)40(63-48)37-60-49-46(56)44(54)42(52)39(34-50)62-49/h5,7,10-13,17-18,38-40,42-50,52-57H,3-4,6,8-9,14-16,19-37H2,1-2H3/b7-5-,12-10-,13-11-,18-17-. The summed E-state index contributed by atoms with van der Waals surface area (Å²) in [5.74, 6) is -0.391. The van der Waals surface area contributed by atoms with Crippen molar-refractivity contribution in [2.24, 2.45) is 0 Å². The molecule has 2 fully saturated rings. The van der Waals surface area contributed by atoms with Gasteiger partial charge in [0, 0.05) is 13.0 Å². The van der Waals surface area contributed by atoms with E-state index >= 15 is 0 Å². The number of allylic oxidation sites excluding steroid dienone is 8. The third kappa shape index (κ3) is 25.4. The number of unbranched alkanes of at least 4 members (excludes halogenated alkanes) is 15. The van der Waals surface area contributed by atoms with Crippen LogP contribution in [0.3, 0.4) is 0 Å². The van der Waals surface area contributed by atoms with Gasteiger partial charge in [-0.15, -0.1) is 0 Å². The van der Waals surface area contributed by atoms with Crippen LogP contribution in [0.1, 0.15) is 155 Å². The predicted octanol–water partition coefficient (Wildman–Crippen LogP) is 6.40. The Morgan fingerprint density at radius 2 is 1.03 bits per heavy atom. The number of ether oxygens (including phenoxy) is 6. The van der Waals surface area contributed by atoms with Crippen LogP contribution in [-0.2, 0) is 33.2 Å². The molecule has 0 aromatic carbocycles. The van der Waals surface area contributed by atoms with Gasteiger partial charge in [-0.1, -0.05) is 133 Å². The zero-order valence-electron chi connectivity index (χ0n) is 38.5. The fraction of sp³-hybridized carbons (Fsp3) is 0.816. The minimum atomic E-state index is -1.71. The predicted molar refractivity (Wildman–Crippen MR) is 243 cm³/mol. The Labute approximate surface area is 378 Å². The number of carbonyl (C=O) groups excluding carboxylic acids is 1.